The first kappa shape index (κ1) is 71.8. The normalized spacial score (nSPS) is 25.2. The lowest BCUT2D eigenvalue weighted by atomic mass is 9.97. The third kappa shape index (κ3) is 34.6. The summed E-state index contributed by atoms with van der Waals surface area (Å²) in [7, 11) is 0. The van der Waals surface area contributed by atoms with Crippen molar-refractivity contribution in [2.45, 2.75) is 274 Å². The van der Waals surface area contributed by atoms with E-state index in [2.05, 4.69) is 129 Å². The third-order valence-corrected chi connectivity index (χ3v) is 14.3. The van der Waals surface area contributed by atoms with Gasteiger partial charge in [0.25, 0.3) is 0 Å². The molecule has 0 aromatic heterocycles. The molecule has 12 unspecified atom stereocenters. The van der Waals surface area contributed by atoms with E-state index in [1.165, 1.54) is 77.0 Å². The Morgan fingerprint density at radius 3 is 1.29 bits per heavy atom. The molecule has 0 aromatic carbocycles. The SMILES string of the molecule is CC/C=C\C/C=C\C/C=C\C/C=C\C/C=C\C/C=C\C/C=C\C/C=C\C/C=C\CCCC(=O)NC(COC1OC(CO)C(OC2OC(CO)C(O)C(O)C2O)C(O)C1O)C(O)CCCCCCCCCCCCCCCCCC. The van der Waals surface area contributed by atoms with Crippen molar-refractivity contribution in [2.75, 3.05) is 19.8 Å². The van der Waals surface area contributed by atoms with Crippen LogP contribution in [0.3, 0.4) is 0 Å². The van der Waals surface area contributed by atoms with Crippen LogP contribution in [0.5, 0.6) is 0 Å². The average Bonchev–Trinajstić information content (AvgIpc) is 3.48. The van der Waals surface area contributed by atoms with Crippen molar-refractivity contribution in [3.63, 3.8) is 0 Å². The van der Waals surface area contributed by atoms with Gasteiger partial charge < -0.3 is 65.1 Å². The van der Waals surface area contributed by atoms with E-state index in [1.807, 2.05) is 0 Å². The van der Waals surface area contributed by atoms with Crippen molar-refractivity contribution in [2.24, 2.45) is 0 Å². The molecule has 2 heterocycles. The zero-order chi connectivity index (χ0) is 57.4. The molecule has 0 bridgehead atoms. The highest BCUT2D eigenvalue weighted by Crippen LogP contribution is 2.30. The number of carbonyl (C=O) groups excluding carboxylic acids is 1. The minimum atomic E-state index is -1.79. The first-order chi connectivity index (χ1) is 38.6. The van der Waals surface area contributed by atoms with Gasteiger partial charge in [0.1, 0.15) is 48.8 Å². The van der Waals surface area contributed by atoms with Gasteiger partial charge in [0, 0.05) is 6.42 Å². The van der Waals surface area contributed by atoms with E-state index < -0.39 is 86.8 Å². The molecule has 0 aromatic rings. The number of hydrogen-bond acceptors (Lipinski definition) is 13. The van der Waals surface area contributed by atoms with E-state index >= 15 is 0 Å². The van der Waals surface area contributed by atoms with Crippen molar-refractivity contribution >= 4 is 5.91 Å². The summed E-state index contributed by atoms with van der Waals surface area (Å²) in [6.45, 7) is 2.70. The number of ether oxygens (including phenoxy) is 4. The molecule has 14 heteroatoms. The molecule has 2 aliphatic rings. The van der Waals surface area contributed by atoms with Crippen molar-refractivity contribution in [1.82, 2.24) is 5.32 Å². The van der Waals surface area contributed by atoms with E-state index in [0.29, 0.717) is 19.3 Å². The lowest BCUT2D eigenvalue weighted by molar-refractivity contribution is -0.359. The Labute approximate surface area is 476 Å². The van der Waals surface area contributed by atoms with Crippen molar-refractivity contribution in [1.29, 1.82) is 0 Å². The molecule has 2 rings (SSSR count). The van der Waals surface area contributed by atoms with E-state index in [1.54, 1.807) is 0 Å². The maximum Gasteiger partial charge on any atom is 0.220 e. The van der Waals surface area contributed by atoms with Crippen LogP contribution in [0.4, 0.5) is 0 Å². The van der Waals surface area contributed by atoms with Crippen LogP contribution < -0.4 is 5.32 Å². The zero-order valence-electron chi connectivity index (χ0n) is 48.6. The van der Waals surface area contributed by atoms with Crippen molar-refractivity contribution in [3.05, 3.63) is 109 Å². The fourth-order valence-corrected chi connectivity index (χ4v) is 9.36. The summed E-state index contributed by atoms with van der Waals surface area (Å²) in [6.07, 6.45) is 52.3. The number of aliphatic hydroxyl groups is 8. The highest BCUT2D eigenvalue weighted by molar-refractivity contribution is 5.76. The molecule has 12 atom stereocenters. The van der Waals surface area contributed by atoms with Crippen LogP contribution in [0, 0.1) is 0 Å². The Bertz CT molecular complexity index is 1740. The smallest absolute Gasteiger partial charge is 0.220 e. The number of aliphatic hydroxyl groups excluding tert-OH is 8. The minimum Gasteiger partial charge on any atom is -0.394 e. The van der Waals surface area contributed by atoms with Gasteiger partial charge in [-0.2, -0.15) is 0 Å². The fraction of sp³-hybridized carbons (Fsp3) is 0.708. The van der Waals surface area contributed by atoms with Gasteiger partial charge in [-0.1, -0.05) is 226 Å². The molecule has 1 amide bonds. The summed E-state index contributed by atoms with van der Waals surface area (Å²) in [5.41, 5.74) is 0. The standard InChI is InChI=1S/C65H109NO13/c1-3-5-7-9-11-13-15-17-19-21-22-23-24-25-26-27-28-29-30-31-32-33-35-37-39-41-43-45-47-49-57(70)66-53(54(69)48-46-44-42-40-38-36-34-20-18-16-14-12-10-8-6-4-2)52-76-64-62(75)60(73)63(56(51-68)78-64)79-65-61(74)59(72)58(71)55(50-67)77-65/h5,7,11,13,17,19,22-23,25-26,28-29,31-32,35,37,41,43,53-56,58-65,67-69,71-75H,3-4,6,8-10,12,14-16,18,20-21,24,27,30,33-34,36,38-40,42,44-52H2,1-2H3,(H,66,70)/b7-5-,13-11-,19-17-,23-22-,26-25-,29-28-,32-31-,37-35-,43-41-. The van der Waals surface area contributed by atoms with Crippen LogP contribution in [-0.2, 0) is 23.7 Å². The fourth-order valence-electron chi connectivity index (χ4n) is 9.36. The van der Waals surface area contributed by atoms with Gasteiger partial charge in [-0.05, 0) is 77.0 Å². The molecule has 2 aliphatic heterocycles. The maximum atomic E-state index is 13.3. The van der Waals surface area contributed by atoms with Crippen LogP contribution in [0.2, 0.25) is 0 Å². The summed E-state index contributed by atoms with van der Waals surface area (Å²) >= 11 is 0. The van der Waals surface area contributed by atoms with Crippen LogP contribution >= 0.6 is 0 Å². The van der Waals surface area contributed by atoms with Crippen molar-refractivity contribution < 1.29 is 64.6 Å². The number of nitrogens with one attached hydrogen (secondary N) is 1. The van der Waals surface area contributed by atoms with Gasteiger partial charge in [0.2, 0.25) is 5.91 Å². The lowest BCUT2D eigenvalue weighted by Crippen LogP contribution is -2.65. The molecule has 2 fully saturated rings. The topological polar surface area (TPSA) is 228 Å². The molecule has 14 nitrogen and oxygen atoms in total. The summed E-state index contributed by atoms with van der Waals surface area (Å²) < 4.78 is 22.8. The van der Waals surface area contributed by atoms with Crippen LogP contribution in [0.1, 0.15) is 200 Å². The second-order valence-electron chi connectivity index (χ2n) is 21.1. The molecule has 452 valence electrons. The van der Waals surface area contributed by atoms with E-state index in [0.717, 1.165) is 83.5 Å². The third-order valence-electron chi connectivity index (χ3n) is 14.3. The summed E-state index contributed by atoms with van der Waals surface area (Å²) in [6, 6.07) is -0.868. The second kappa shape index (κ2) is 49.3. The Hall–Kier alpha value is -3.35. The molecule has 0 radical (unpaired) electrons. The molecular weight excluding hydrogens is 1000 g/mol. The molecular formula is C65H109NO13. The molecule has 79 heavy (non-hydrogen) atoms. The number of carbonyl (C=O) groups is 1. The van der Waals surface area contributed by atoms with E-state index in [-0.39, 0.29) is 18.9 Å². The second-order valence-corrected chi connectivity index (χ2v) is 21.1. The summed E-state index contributed by atoms with van der Waals surface area (Å²) in [5, 5.41) is 87.2. The molecule has 0 saturated carbocycles. The predicted molar refractivity (Wildman–Crippen MR) is 318 cm³/mol. The zero-order valence-corrected chi connectivity index (χ0v) is 48.6. The van der Waals surface area contributed by atoms with E-state index in [9.17, 15) is 45.6 Å². The molecule has 9 N–H and O–H groups in total. The van der Waals surface area contributed by atoms with Crippen LogP contribution in [-0.4, -0.2) is 140 Å². The largest absolute Gasteiger partial charge is 0.394 e. The van der Waals surface area contributed by atoms with Gasteiger partial charge in [0.15, 0.2) is 12.6 Å². The molecule has 0 spiro atoms. The van der Waals surface area contributed by atoms with Gasteiger partial charge in [0.05, 0.1) is 32.0 Å². The van der Waals surface area contributed by atoms with E-state index in [4.69, 9.17) is 18.9 Å². The predicted octanol–water partition coefficient (Wildman–Crippen LogP) is 10.8. The highest BCUT2D eigenvalue weighted by Gasteiger charge is 2.51. The van der Waals surface area contributed by atoms with Crippen LogP contribution in [0.25, 0.3) is 0 Å². The number of hydrogen-bond donors (Lipinski definition) is 9. The average molecular weight is 1110 g/mol. The van der Waals surface area contributed by atoms with Gasteiger partial charge in [-0.3, -0.25) is 4.79 Å². The van der Waals surface area contributed by atoms with Gasteiger partial charge in [-0.25, -0.2) is 0 Å². The van der Waals surface area contributed by atoms with Crippen molar-refractivity contribution in [3.8, 4) is 0 Å². The quantitative estimate of drug-likeness (QED) is 0.0204. The lowest BCUT2D eigenvalue weighted by Gasteiger charge is -2.46. The number of amides is 1. The first-order valence-corrected chi connectivity index (χ1v) is 30.6. The first-order valence-electron chi connectivity index (χ1n) is 30.6. The summed E-state index contributed by atoms with van der Waals surface area (Å²) in [4.78, 5) is 13.3. The minimum absolute atomic E-state index is 0.217. The number of rotatable bonds is 47. The van der Waals surface area contributed by atoms with Crippen LogP contribution in [0.15, 0.2) is 109 Å². The maximum absolute atomic E-state index is 13.3. The number of unbranched alkanes of at least 4 members (excludes halogenated alkanes) is 16. The monoisotopic (exact) mass is 1110 g/mol. The van der Waals surface area contributed by atoms with Gasteiger partial charge in [-0.15, -0.1) is 0 Å². The highest BCUT2D eigenvalue weighted by atomic mass is 16.7. The number of allylic oxidation sites excluding steroid dienone is 18. The summed E-state index contributed by atoms with van der Waals surface area (Å²) in [5.74, 6) is -0.268. The Kier molecular flexibility index (Phi) is 44.8. The molecule has 2 saturated heterocycles. The Balaban J connectivity index is 1.77. The Morgan fingerprint density at radius 2 is 0.861 bits per heavy atom. The Morgan fingerprint density at radius 1 is 0.468 bits per heavy atom. The molecule has 0 aliphatic carbocycles. The van der Waals surface area contributed by atoms with Gasteiger partial charge >= 0.3 is 0 Å².